The minimum Gasteiger partial charge on any atom is -0.338 e. The number of hydrogen-bond donors (Lipinski definition) is 1. The Labute approximate surface area is 117 Å². The number of rotatable bonds is 5. The number of pyridine rings is 1. The maximum absolute atomic E-state index is 5.87. The van der Waals surface area contributed by atoms with Gasteiger partial charge in [-0.15, -0.1) is 0 Å². The van der Waals surface area contributed by atoms with E-state index in [0.29, 0.717) is 29.0 Å². The third-order valence-corrected chi connectivity index (χ3v) is 3.80. The van der Waals surface area contributed by atoms with Crippen molar-refractivity contribution in [2.24, 2.45) is 5.73 Å². The van der Waals surface area contributed by atoms with Crippen molar-refractivity contribution in [1.82, 2.24) is 15.1 Å². The van der Waals surface area contributed by atoms with E-state index in [1.165, 1.54) is 0 Å². The van der Waals surface area contributed by atoms with E-state index in [9.17, 15) is 0 Å². The van der Waals surface area contributed by atoms with Crippen molar-refractivity contribution in [3.63, 3.8) is 0 Å². The first-order chi connectivity index (χ1) is 9.15. The van der Waals surface area contributed by atoms with Gasteiger partial charge in [0.1, 0.15) is 5.69 Å². The second-order valence-electron chi connectivity index (χ2n) is 4.48. The van der Waals surface area contributed by atoms with E-state index in [0.717, 1.165) is 12.8 Å². The molecule has 2 aromatic heterocycles. The first kappa shape index (κ1) is 14.0. The van der Waals surface area contributed by atoms with Crippen molar-refractivity contribution < 1.29 is 4.52 Å². The van der Waals surface area contributed by atoms with Gasteiger partial charge in [0.15, 0.2) is 0 Å². The zero-order valence-electron chi connectivity index (χ0n) is 11.1. The molecule has 6 heteroatoms. The van der Waals surface area contributed by atoms with Crippen LogP contribution in [0, 0.1) is 0 Å². The van der Waals surface area contributed by atoms with Crippen molar-refractivity contribution in [2.75, 3.05) is 6.54 Å². The van der Waals surface area contributed by atoms with Crippen LogP contribution in [-0.2, 0) is 5.41 Å². The van der Waals surface area contributed by atoms with Crippen LogP contribution in [0.2, 0.25) is 5.02 Å². The largest absolute Gasteiger partial charge is 0.338 e. The lowest BCUT2D eigenvalue weighted by Crippen LogP contribution is -2.34. The van der Waals surface area contributed by atoms with Crippen LogP contribution in [0.3, 0.4) is 0 Å². The molecule has 0 aliphatic rings. The van der Waals surface area contributed by atoms with Crippen molar-refractivity contribution in [2.45, 2.75) is 32.1 Å². The molecule has 2 heterocycles. The summed E-state index contributed by atoms with van der Waals surface area (Å²) < 4.78 is 5.37. The minimum absolute atomic E-state index is 0.252. The summed E-state index contributed by atoms with van der Waals surface area (Å²) in [5, 5.41) is 4.55. The predicted octanol–water partition coefficient (Wildman–Crippen LogP) is 2.80. The molecule has 2 rings (SSSR count). The van der Waals surface area contributed by atoms with Gasteiger partial charge in [-0.1, -0.05) is 30.6 Å². The van der Waals surface area contributed by atoms with E-state index in [2.05, 4.69) is 29.0 Å². The first-order valence-corrected chi connectivity index (χ1v) is 6.69. The van der Waals surface area contributed by atoms with E-state index in [4.69, 9.17) is 21.9 Å². The van der Waals surface area contributed by atoms with E-state index in [1.807, 2.05) is 0 Å². The third kappa shape index (κ3) is 2.62. The van der Waals surface area contributed by atoms with Gasteiger partial charge in [0, 0.05) is 12.7 Å². The normalized spacial score (nSPS) is 11.8. The van der Waals surface area contributed by atoms with Crippen LogP contribution in [-0.4, -0.2) is 21.7 Å². The summed E-state index contributed by atoms with van der Waals surface area (Å²) in [6.07, 6.45) is 3.27. The van der Waals surface area contributed by atoms with Crippen LogP contribution in [0.15, 0.2) is 22.9 Å². The van der Waals surface area contributed by atoms with Crippen LogP contribution in [0.5, 0.6) is 0 Å². The molecule has 0 spiro atoms. The number of nitrogens with two attached hydrogens (primary N) is 1. The van der Waals surface area contributed by atoms with E-state index >= 15 is 0 Å². The molecule has 0 amide bonds. The van der Waals surface area contributed by atoms with Gasteiger partial charge < -0.3 is 10.3 Å². The average Bonchev–Trinajstić information content (AvgIpc) is 2.93. The molecule has 0 bridgehead atoms. The quantitative estimate of drug-likeness (QED) is 0.911. The standard InChI is InChI=1S/C13H17ClN4O/c1-3-13(4-2,8-15)12-17-11(18-19-12)10-6-5-9(14)7-16-10/h5-7H,3-4,8,15H2,1-2H3. The highest BCUT2D eigenvalue weighted by Crippen LogP contribution is 2.30. The minimum atomic E-state index is -0.252. The Kier molecular flexibility index (Phi) is 4.17. The van der Waals surface area contributed by atoms with Crippen molar-refractivity contribution in [3.8, 4) is 11.5 Å². The topological polar surface area (TPSA) is 77.8 Å². The Bertz CT molecular complexity index is 526. The van der Waals surface area contributed by atoms with Crippen molar-refractivity contribution in [3.05, 3.63) is 29.2 Å². The molecular weight excluding hydrogens is 264 g/mol. The molecule has 2 N–H and O–H groups in total. The number of aromatic nitrogens is 3. The SMILES string of the molecule is CCC(CC)(CN)c1nc(-c2ccc(Cl)cn2)no1. The summed E-state index contributed by atoms with van der Waals surface area (Å²) in [6.45, 7) is 4.62. The monoisotopic (exact) mass is 280 g/mol. The summed E-state index contributed by atoms with van der Waals surface area (Å²) in [5.74, 6) is 1.04. The van der Waals surface area contributed by atoms with Crippen LogP contribution in [0.4, 0.5) is 0 Å². The number of hydrogen-bond acceptors (Lipinski definition) is 5. The highest BCUT2D eigenvalue weighted by molar-refractivity contribution is 6.30. The van der Waals surface area contributed by atoms with E-state index < -0.39 is 0 Å². The van der Waals surface area contributed by atoms with Gasteiger partial charge in [-0.3, -0.25) is 4.98 Å². The Morgan fingerprint density at radius 1 is 1.32 bits per heavy atom. The van der Waals surface area contributed by atoms with Gasteiger partial charge in [-0.05, 0) is 25.0 Å². The summed E-state index contributed by atoms with van der Waals surface area (Å²) in [4.78, 5) is 8.61. The lowest BCUT2D eigenvalue weighted by Gasteiger charge is -2.24. The lowest BCUT2D eigenvalue weighted by atomic mass is 9.82. The van der Waals surface area contributed by atoms with Crippen LogP contribution >= 0.6 is 11.6 Å². The second kappa shape index (κ2) is 5.67. The van der Waals surface area contributed by atoms with Gasteiger partial charge in [-0.2, -0.15) is 4.98 Å². The molecule has 0 aliphatic carbocycles. The van der Waals surface area contributed by atoms with E-state index in [-0.39, 0.29) is 5.41 Å². The smallest absolute Gasteiger partial charge is 0.234 e. The fourth-order valence-electron chi connectivity index (χ4n) is 1.98. The fourth-order valence-corrected chi connectivity index (χ4v) is 2.09. The van der Waals surface area contributed by atoms with E-state index in [1.54, 1.807) is 18.3 Å². The Balaban J connectivity index is 2.35. The molecule has 102 valence electrons. The van der Waals surface area contributed by atoms with Crippen LogP contribution < -0.4 is 5.73 Å². The lowest BCUT2D eigenvalue weighted by molar-refractivity contribution is 0.267. The third-order valence-electron chi connectivity index (χ3n) is 3.58. The summed E-state index contributed by atoms with van der Waals surface area (Å²) in [6, 6.07) is 3.51. The molecule has 0 atom stereocenters. The predicted molar refractivity (Wildman–Crippen MR) is 73.9 cm³/mol. The highest BCUT2D eigenvalue weighted by Gasteiger charge is 2.33. The number of halogens is 1. The summed E-state index contributed by atoms with van der Waals surface area (Å²) in [5.41, 5.74) is 6.25. The Hall–Kier alpha value is -1.46. The van der Waals surface area contributed by atoms with Crippen LogP contribution in [0.25, 0.3) is 11.5 Å². The van der Waals surface area contributed by atoms with Gasteiger partial charge in [0.05, 0.1) is 10.4 Å². The molecule has 2 aromatic rings. The van der Waals surface area contributed by atoms with Gasteiger partial charge in [-0.25, -0.2) is 0 Å². The molecule has 0 aromatic carbocycles. The Morgan fingerprint density at radius 2 is 2.05 bits per heavy atom. The van der Waals surface area contributed by atoms with Gasteiger partial charge >= 0.3 is 0 Å². The molecule has 0 saturated heterocycles. The molecule has 5 nitrogen and oxygen atoms in total. The zero-order valence-corrected chi connectivity index (χ0v) is 11.8. The Morgan fingerprint density at radius 3 is 2.58 bits per heavy atom. The number of nitrogens with zero attached hydrogens (tertiary/aromatic N) is 3. The molecule has 0 unspecified atom stereocenters. The van der Waals surface area contributed by atoms with Crippen LogP contribution in [0.1, 0.15) is 32.6 Å². The average molecular weight is 281 g/mol. The van der Waals surface area contributed by atoms with Gasteiger partial charge in [0.25, 0.3) is 0 Å². The molecule has 0 aliphatic heterocycles. The van der Waals surface area contributed by atoms with Crippen molar-refractivity contribution >= 4 is 11.6 Å². The molecule has 0 fully saturated rings. The highest BCUT2D eigenvalue weighted by atomic mass is 35.5. The summed E-state index contributed by atoms with van der Waals surface area (Å²) >= 11 is 5.80. The maximum atomic E-state index is 5.87. The van der Waals surface area contributed by atoms with Crippen molar-refractivity contribution in [1.29, 1.82) is 0 Å². The van der Waals surface area contributed by atoms with Gasteiger partial charge in [0.2, 0.25) is 11.7 Å². The summed E-state index contributed by atoms with van der Waals surface area (Å²) in [7, 11) is 0. The zero-order chi connectivity index (χ0) is 13.9. The molecular formula is C13H17ClN4O. The second-order valence-corrected chi connectivity index (χ2v) is 4.91. The maximum Gasteiger partial charge on any atom is 0.234 e. The molecule has 0 saturated carbocycles. The first-order valence-electron chi connectivity index (χ1n) is 6.31. The fraction of sp³-hybridized carbons (Fsp3) is 0.462. The molecule has 19 heavy (non-hydrogen) atoms. The molecule has 0 radical (unpaired) electrons.